The van der Waals surface area contributed by atoms with Crippen LogP contribution in [0.3, 0.4) is 0 Å². The van der Waals surface area contributed by atoms with Crippen LogP contribution in [0.15, 0.2) is 0 Å². The van der Waals surface area contributed by atoms with Crippen LogP contribution in [0.1, 0.15) is 6.92 Å². The van der Waals surface area contributed by atoms with Gasteiger partial charge in [-0.2, -0.15) is 8.42 Å². The molecule has 0 aliphatic rings. The molecule has 0 N–H and O–H groups in total. The molecule has 0 aromatic rings. The van der Waals surface area contributed by atoms with Gasteiger partial charge in [0.2, 0.25) is 0 Å². The van der Waals surface area contributed by atoms with Gasteiger partial charge in [0.15, 0.2) is 0 Å². The van der Waals surface area contributed by atoms with Crippen LogP contribution < -0.4 is 0 Å². The van der Waals surface area contributed by atoms with E-state index >= 15 is 0 Å². The first-order chi connectivity index (χ1) is 6.19. The fraction of sp³-hybridized carbons (Fsp3) is 1.00. The molecule has 0 fully saturated rings. The topological polar surface area (TPSA) is 77.5 Å². The molecular weight excluding hydrogens is 252 g/mol. The number of rotatable bonds is 6. The zero-order valence-corrected chi connectivity index (χ0v) is 10.3. The highest BCUT2D eigenvalue weighted by Gasteiger charge is 2.25. The Kier molecular flexibility index (Phi) is 5.35. The van der Waals surface area contributed by atoms with Gasteiger partial charge >= 0.3 is 0 Å². The Morgan fingerprint density at radius 2 is 1.79 bits per heavy atom. The third kappa shape index (κ3) is 5.79. The standard InChI is InChI=1S/C6H13ClO5S2/c1-6(5-13(2,8)9)14(10,11)12-4-3-7/h6H,3-5H2,1-2H3. The molecule has 0 bridgehead atoms. The predicted octanol–water partition coefficient (Wildman–Crippen LogP) is 0.00470. The Balaban J connectivity index is 4.45. The van der Waals surface area contributed by atoms with E-state index in [1.165, 1.54) is 6.92 Å². The summed E-state index contributed by atoms with van der Waals surface area (Å²) in [5.74, 6) is -0.400. The van der Waals surface area contributed by atoms with Crippen molar-refractivity contribution in [3.05, 3.63) is 0 Å². The van der Waals surface area contributed by atoms with Crippen molar-refractivity contribution in [2.45, 2.75) is 12.2 Å². The highest BCUT2D eigenvalue weighted by Crippen LogP contribution is 2.06. The minimum absolute atomic E-state index is 0.0465. The first kappa shape index (κ1) is 14.2. The van der Waals surface area contributed by atoms with Gasteiger partial charge in [0.25, 0.3) is 10.1 Å². The van der Waals surface area contributed by atoms with Crippen molar-refractivity contribution in [2.75, 3.05) is 24.5 Å². The maximum absolute atomic E-state index is 11.2. The minimum atomic E-state index is -3.82. The normalized spacial score (nSPS) is 15.4. The van der Waals surface area contributed by atoms with Gasteiger partial charge in [-0.05, 0) is 6.92 Å². The van der Waals surface area contributed by atoms with E-state index in [1.807, 2.05) is 0 Å². The Morgan fingerprint density at radius 3 is 2.14 bits per heavy atom. The van der Waals surface area contributed by atoms with Crippen molar-refractivity contribution in [3.8, 4) is 0 Å². The highest BCUT2D eigenvalue weighted by atomic mass is 35.5. The van der Waals surface area contributed by atoms with Crippen molar-refractivity contribution in [2.24, 2.45) is 0 Å². The van der Waals surface area contributed by atoms with Crippen LogP contribution in [0.5, 0.6) is 0 Å². The largest absolute Gasteiger partial charge is 0.270 e. The monoisotopic (exact) mass is 264 g/mol. The molecule has 0 radical (unpaired) electrons. The van der Waals surface area contributed by atoms with Crippen LogP contribution in [0.25, 0.3) is 0 Å². The van der Waals surface area contributed by atoms with Crippen LogP contribution >= 0.6 is 11.6 Å². The summed E-state index contributed by atoms with van der Waals surface area (Å²) in [7, 11) is -7.14. The molecule has 0 aromatic heterocycles. The van der Waals surface area contributed by atoms with E-state index in [2.05, 4.69) is 4.18 Å². The molecule has 1 unspecified atom stereocenters. The summed E-state index contributed by atoms with van der Waals surface area (Å²) < 4.78 is 48.5. The molecule has 0 heterocycles. The molecule has 14 heavy (non-hydrogen) atoms. The second-order valence-electron chi connectivity index (χ2n) is 2.91. The maximum atomic E-state index is 11.2. The average molecular weight is 265 g/mol. The fourth-order valence-corrected chi connectivity index (χ4v) is 3.75. The third-order valence-electron chi connectivity index (χ3n) is 1.36. The van der Waals surface area contributed by atoms with Crippen molar-refractivity contribution >= 4 is 31.6 Å². The second-order valence-corrected chi connectivity index (χ2v) is 7.50. The molecule has 0 saturated heterocycles. The molecule has 1 atom stereocenters. The lowest BCUT2D eigenvalue weighted by Gasteiger charge is -2.10. The van der Waals surface area contributed by atoms with Crippen molar-refractivity contribution in [3.63, 3.8) is 0 Å². The lowest BCUT2D eigenvalue weighted by atomic mass is 10.6. The Morgan fingerprint density at radius 1 is 1.29 bits per heavy atom. The van der Waals surface area contributed by atoms with Crippen LogP contribution in [0.4, 0.5) is 0 Å². The smallest absolute Gasteiger partial charge is 0.269 e. The summed E-state index contributed by atoms with van der Waals surface area (Å²) >= 11 is 5.24. The van der Waals surface area contributed by atoms with Gasteiger partial charge in [0.1, 0.15) is 9.84 Å². The molecule has 8 heteroatoms. The summed E-state index contributed by atoms with van der Waals surface area (Å²) in [6.45, 7) is 1.14. The summed E-state index contributed by atoms with van der Waals surface area (Å²) in [4.78, 5) is 0. The summed E-state index contributed by atoms with van der Waals surface area (Å²) in [6, 6.07) is 0. The number of sulfone groups is 1. The second kappa shape index (κ2) is 5.29. The van der Waals surface area contributed by atoms with E-state index in [0.29, 0.717) is 0 Å². The van der Waals surface area contributed by atoms with E-state index in [1.54, 1.807) is 0 Å². The van der Waals surface area contributed by atoms with Crippen LogP contribution in [0, 0.1) is 0 Å². The fourth-order valence-electron chi connectivity index (χ4n) is 0.773. The van der Waals surface area contributed by atoms with Gasteiger partial charge in [-0.3, -0.25) is 4.18 Å². The summed E-state index contributed by atoms with van der Waals surface area (Å²) in [5, 5.41) is -1.07. The SMILES string of the molecule is CC(CS(C)(=O)=O)S(=O)(=O)OCCCl. The van der Waals surface area contributed by atoms with E-state index in [9.17, 15) is 16.8 Å². The Bertz CT molecular complexity index is 358. The van der Waals surface area contributed by atoms with Gasteiger partial charge in [0.05, 0.1) is 17.6 Å². The molecule has 0 aromatic carbocycles. The third-order valence-corrected chi connectivity index (χ3v) is 4.47. The molecule has 5 nitrogen and oxygen atoms in total. The van der Waals surface area contributed by atoms with E-state index < -0.39 is 31.0 Å². The molecule has 0 amide bonds. The first-order valence-electron chi connectivity index (χ1n) is 3.81. The Labute approximate surface area is 89.4 Å². The quantitative estimate of drug-likeness (QED) is 0.499. The first-order valence-corrected chi connectivity index (χ1v) is 7.87. The summed E-state index contributed by atoms with van der Waals surface area (Å²) in [6.07, 6.45) is 0.973. The molecule has 0 saturated carbocycles. The van der Waals surface area contributed by atoms with Gasteiger partial charge in [0, 0.05) is 12.1 Å². The van der Waals surface area contributed by atoms with Crippen LogP contribution in [-0.2, 0) is 24.1 Å². The van der Waals surface area contributed by atoms with Crippen LogP contribution in [0.2, 0.25) is 0 Å². The number of hydrogen-bond acceptors (Lipinski definition) is 5. The molecule has 0 spiro atoms. The average Bonchev–Trinajstić information content (AvgIpc) is 1.97. The lowest BCUT2D eigenvalue weighted by molar-refractivity contribution is 0.335. The van der Waals surface area contributed by atoms with Crippen molar-refractivity contribution < 1.29 is 21.0 Å². The van der Waals surface area contributed by atoms with Crippen molar-refractivity contribution in [1.29, 1.82) is 0 Å². The zero-order valence-electron chi connectivity index (χ0n) is 7.93. The van der Waals surface area contributed by atoms with E-state index in [4.69, 9.17) is 11.6 Å². The van der Waals surface area contributed by atoms with Gasteiger partial charge in [-0.15, -0.1) is 11.6 Å². The minimum Gasteiger partial charge on any atom is -0.269 e. The molecule has 86 valence electrons. The van der Waals surface area contributed by atoms with E-state index in [0.717, 1.165) is 6.26 Å². The number of alkyl halides is 1. The zero-order chi connectivity index (χ0) is 11.4. The van der Waals surface area contributed by atoms with Crippen molar-refractivity contribution in [1.82, 2.24) is 0 Å². The highest BCUT2D eigenvalue weighted by molar-refractivity contribution is 7.93. The Hall–Kier alpha value is 0.150. The molecule has 0 aliphatic carbocycles. The van der Waals surface area contributed by atoms with Gasteiger partial charge in [-0.25, -0.2) is 8.42 Å². The van der Waals surface area contributed by atoms with Crippen LogP contribution in [-0.4, -0.2) is 46.6 Å². The van der Waals surface area contributed by atoms with Gasteiger partial charge in [-0.1, -0.05) is 0 Å². The number of halogens is 1. The van der Waals surface area contributed by atoms with Gasteiger partial charge < -0.3 is 0 Å². The summed E-state index contributed by atoms with van der Waals surface area (Å²) in [5.41, 5.74) is 0. The molecule has 0 rings (SSSR count). The molecular formula is C6H13ClO5S2. The predicted molar refractivity (Wildman–Crippen MR) is 54.8 cm³/mol. The van der Waals surface area contributed by atoms with E-state index in [-0.39, 0.29) is 12.5 Å². The maximum Gasteiger partial charge on any atom is 0.270 e. The molecule has 0 aliphatic heterocycles. The lowest BCUT2D eigenvalue weighted by Crippen LogP contribution is -2.28. The number of hydrogen-bond donors (Lipinski definition) is 0.